The predicted octanol–water partition coefficient (Wildman–Crippen LogP) is 2.11. The number of H-pyrrole nitrogens is 1. The second-order valence-corrected chi connectivity index (χ2v) is 4.49. The summed E-state index contributed by atoms with van der Waals surface area (Å²) < 4.78 is 0. The summed E-state index contributed by atoms with van der Waals surface area (Å²) in [5, 5.41) is 0. The Bertz CT molecular complexity index is 675. The van der Waals surface area contributed by atoms with Crippen molar-refractivity contribution in [3.8, 4) is 0 Å². The van der Waals surface area contributed by atoms with Gasteiger partial charge in [-0.2, -0.15) is 4.98 Å². The molecule has 3 N–H and O–H groups in total. The molecule has 0 bridgehead atoms. The van der Waals surface area contributed by atoms with Crippen molar-refractivity contribution >= 4 is 17.1 Å². The number of fused-ring (bicyclic) bond motifs is 1. The molecule has 3 aromatic rings. The van der Waals surface area contributed by atoms with Crippen LogP contribution in [0.1, 0.15) is 17.8 Å². The molecule has 0 aliphatic carbocycles. The lowest BCUT2D eigenvalue weighted by atomic mass is 10.1. The van der Waals surface area contributed by atoms with Gasteiger partial charge in [0.2, 0.25) is 5.95 Å². The highest BCUT2D eigenvalue weighted by molar-refractivity contribution is 5.70. The van der Waals surface area contributed by atoms with Gasteiger partial charge in [-0.05, 0) is 18.4 Å². The average Bonchev–Trinajstić information content (AvgIpc) is 2.82. The van der Waals surface area contributed by atoms with E-state index < -0.39 is 0 Å². The van der Waals surface area contributed by atoms with Crippen molar-refractivity contribution in [1.82, 2.24) is 19.9 Å². The van der Waals surface area contributed by atoms with E-state index in [1.165, 1.54) is 5.56 Å². The summed E-state index contributed by atoms with van der Waals surface area (Å²) in [6.45, 7) is 0. The second kappa shape index (κ2) is 5.06. The molecule has 96 valence electrons. The third-order valence-electron chi connectivity index (χ3n) is 3.03. The number of imidazole rings is 1. The summed E-state index contributed by atoms with van der Waals surface area (Å²) in [7, 11) is 0. The van der Waals surface area contributed by atoms with E-state index in [1.54, 1.807) is 6.20 Å². The monoisotopic (exact) mass is 253 g/mol. The lowest BCUT2D eigenvalue weighted by Crippen LogP contribution is -1.93. The van der Waals surface area contributed by atoms with Gasteiger partial charge in [0.25, 0.3) is 0 Å². The number of rotatable bonds is 4. The maximum absolute atomic E-state index is 5.53. The van der Waals surface area contributed by atoms with Gasteiger partial charge in [-0.1, -0.05) is 30.3 Å². The van der Waals surface area contributed by atoms with Crippen LogP contribution in [0.3, 0.4) is 0 Å². The van der Waals surface area contributed by atoms with Crippen LogP contribution in [-0.4, -0.2) is 19.9 Å². The Morgan fingerprint density at radius 3 is 2.74 bits per heavy atom. The first-order chi connectivity index (χ1) is 9.31. The molecule has 0 aliphatic heterocycles. The average molecular weight is 253 g/mol. The Labute approximate surface area is 110 Å². The molecule has 2 heterocycles. The largest absolute Gasteiger partial charge is 0.368 e. The molecular formula is C14H15N5. The normalized spacial score (nSPS) is 10.9. The lowest BCUT2D eigenvalue weighted by molar-refractivity contribution is 0.785. The maximum Gasteiger partial charge on any atom is 0.222 e. The van der Waals surface area contributed by atoms with E-state index >= 15 is 0 Å². The van der Waals surface area contributed by atoms with Crippen LogP contribution >= 0.6 is 0 Å². The summed E-state index contributed by atoms with van der Waals surface area (Å²) in [6.07, 6.45) is 4.66. The number of nitrogens with two attached hydrogens (primary N) is 1. The van der Waals surface area contributed by atoms with Gasteiger partial charge in [0, 0.05) is 6.42 Å². The van der Waals surface area contributed by atoms with Crippen LogP contribution in [0, 0.1) is 0 Å². The van der Waals surface area contributed by atoms with Crippen LogP contribution in [0.2, 0.25) is 0 Å². The Hall–Kier alpha value is -2.43. The highest BCUT2D eigenvalue weighted by atomic mass is 15.1. The molecular weight excluding hydrogens is 238 g/mol. The summed E-state index contributed by atoms with van der Waals surface area (Å²) in [5.74, 6) is 1.20. The number of nitrogens with zero attached hydrogens (tertiary/aromatic N) is 3. The van der Waals surface area contributed by atoms with E-state index in [2.05, 4.69) is 44.2 Å². The first kappa shape index (κ1) is 11.6. The van der Waals surface area contributed by atoms with Crippen molar-refractivity contribution in [1.29, 1.82) is 0 Å². The molecule has 0 spiro atoms. The molecule has 0 radical (unpaired) electrons. The van der Waals surface area contributed by atoms with Crippen molar-refractivity contribution in [3.05, 3.63) is 47.9 Å². The van der Waals surface area contributed by atoms with Gasteiger partial charge in [-0.25, -0.2) is 9.97 Å². The molecule has 0 saturated carbocycles. The first-order valence-corrected chi connectivity index (χ1v) is 6.32. The van der Waals surface area contributed by atoms with Gasteiger partial charge >= 0.3 is 0 Å². The Balaban J connectivity index is 1.65. The van der Waals surface area contributed by atoms with E-state index in [4.69, 9.17) is 5.73 Å². The van der Waals surface area contributed by atoms with E-state index in [1.807, 2.05) is 6.07 Å². The topological polar surface area (TPSA) is 80.5 Å². The number of nitrogen functional groups attached to an aromatic ring is 1. The van der Waals surface area contributed by atoms with Crippen LogP contribution in [0.5, 0.6) is 0 Å². The van der Waals surface area contributed by atoms with Gasteiger partial charge in [0.15, 0.2) is 5.65 Å². The Kier molecular flexibility index (Phi) is 3.10. The van der Waals surface area contributed by atoms with Gasteiger partial charge in [0.1, 0.15) is 11.3 Å². The van der Waals surface area contributed by atoms with Crippen molar-refractivity contribution in [2.45, 2.75) is 19.3 Å². The quantitative estimate of drug-likeness (QED) is 0.746. The SMILES string of the molecule is Nc1ncc2[nH]c(CCCc3ccccc3)nc2n1. The van der Waals surface area contributed by atoms with Crippen LogP contribution < -0.4 is 5.73 Å². The summed E-state index contributed by atoms with van der Waals surface area (Å²) in [4.78, 5) is 15.7. The van der Waals surface area contributed by atoms with Gasteiger partial charge < -0.3 is 10.7 Å². The molecule has 3 rings (SSSR count). The molecule has 5 nitrogen and oxygen atoms in total. The Morgan fingerprint density at radius 1 is 1.05 bits per heavy atom. The zero-order valence-electron chi connectivity index (χ0n) is 10.5. The molecule has 5 heteroatoms. The number of anilines is 1. The number of aromatic nitrogens is 4. The van der Waals surface area contributed by atoms with Crippen LogP contribution in [-0.2, 0) is 12.8 Å². The molecule has 2 aromatic heterocycles. The van der Waals surface area contributed by atoms with Crippen LogP contribution in [0.4, 0.5) is 5.95 Å². The zero-order valence-corrected chi connectivity index (χ0v) is 10.5. The van der Waals surface area contributed by atoms with Gasteiger partial charge in [-0.15, -0.1) is 0 Å². The highest BCUT2D eigenvalue weighted by Crippen LogP contribution is 2.11. The molecule has 0 atom stereocenters. The number of aromatic amines is 1. The third kappa shape index (κ3) is 2.70. The van der Waals surface area contributed by atoms with Crippen LogP contribution in [0.15, 0.2) is 36.5 Å². The highest BCUT2D eigenvalue weighted by Gasteiger charge is 2.04. The summed E-state index contributed by atoms with van der Waals surface area (Å²) in [6, 6.07) is 10.4. The van der Waals surface area contributed by atoms with Gasteiger partial charge in [-0.3, -0.25) is 0 Å². The first-order valence-electron chi connectivity index (χ1n) is 6.32. The minimum atomic E-state index is 0.259. The molecule has 0 unspecified atom stereocenters. The molecule has 0 amide bonds. The number of benzene rings is 1. The maximum atomic E-state index is 5.53. The lowest BCUT2D eigenvalue weighted by Gasteiger charge is -1.99. The van der Waals surface area contributed by atoms with E-state index in [9.17, 15) is 0 Å². The zero-order chi connectivity index (χ0) is 13.1. The molecule has 0 fully saturated rings. The van der Waals surface area contributed by atoms with Crippen molar-refractivity contribution in [3.63, 3.8) is 0 Å². The summed E-state index contributed by atoms with van der Waals surface area (Å²) in [5.41, 5.74) is 8.36. The molecule has 0 saturated heterocycles. The van der Waals surface area contributed by atoms with Crippen molar-refractivity contribution in [2.75, 3.05) is 5.73 Å². The van der Waals surface area contributed by atoms with Crippen LogP contribution in [0.25, 0.3) is 11.2 Å². The minimum absolute atomic E-state index is 0.259. The summed E-state index contributed by atoms with van der Waals surface area (Å²) >= 11 is 0. The fourth-order valence-corrected chi connectivity index (χ4v) is 2.09. The minimum Gasteiger partial charge on any atom is -0.368 e. The van der Waals surface area contributed by atoms with E-state index in [0.29, 0.717) is 5.65 Å². The fraction of sp³-hybridized carbons (Fsp3) is 0.214. The van der Waals surface area contributed by atoms with E-state index in [-0.39, 0.29) is 5.95 Å². The molecule has 19 heavy (non-hydrogen) atoms. The van der Waals surface area contributed by atoms with E-state index in [0.717, 1.165) is 30.6 Å². The Morgan fingerprint density at radius 2 is 1.89 bits per heavy atom. The standard InChI is InChI=1S/C14H15N5/c15-14-16-9-11-13(19-14)18-12(17-11)8-4-7-10-5-2-1-3-6-10/h1-3,5-6,9H,4,7-8H2,(H3,15,16,17,18,19). The number of hydrogen-bond acceptors (Lipinski definition) is 4. The molecule has 0 aliphatic rings. The number of hydrogen-bond donors (Lipinski definition) is 2. The predicted molar refractivity (Wildman–Crippen MR) is 74.6 cm³/mol. The smallest absolute Gasteiger partial charge is 0.222 e. The van der Waals surface area contributed by atoms with Crippen molar-refractivity contribution < 1.29 is 0 Å². The number of aryl methyl sites for hydroxylation is 2. The molecule has 1 aromatic carbocycles. The fourth-order valence-electron chi connectivity index (χ4n) is 2.09. The number of nitrogens with one attached hydrogen (secondary N) is 1. The third-order valence-corrected chi connectivity index (χ3v) is 3.03. The van der Waals surface area contributed by atoms with Gasteiger partial charge in [0.05, 0.1) is 6.20 Å². The van der Waals surface area contributed by atoms with Crippen molar-refractivity contribution in [2.24, 2.45) is 0 Å². The second-order valence-electron chi connectivity index (χ2n) is 4.49.